The quantitative estimate of drug-likeness (QED) is 0.136. The molecule has 1 aliphatic carbocycles. The summed E-state index contributed by atoms with van der Waals surface area (Å²) in [5, 5.41) is 7.11. The van der Waals surface area contributed by atoms with Crippen LogP contribution < -0.4 is 20.4 Å². The highest BCUT2D eigenvalue weighted by Gasteiger charge is 2.39. The van der Waals surface area contributed by atoms with Gasteiger partial charge >= 0.3 is 0 Å². The number of aromatic amines is 2. The third-order valence-corrected chi connectivity index (χ3v) is 13.3. The zero-order chi connectivity index (χ0) is 34.8. The van der Waals surface area contributed by atoms with Crippen LogP contribution >= 0.6 is 49.6 Å². The molecular weight excluding hydrogens is 796 g/mol. The zero-order valence-electron chi connectivity index (χ0n) is 31.6. The number of H-pyrrole nitrogens is 2. The first-order valence-electron chi connectivity index (χ1n) is 20.0. The maximum Gasteiger partial charge on any atom is 0.151 e. The highest BCUT2D eigenvalue weighted by Crippen LogP contribution is 2.50. The first-order valence-corrected chi connectivity index (χ1v) is 20.0. The highest BCUT2D eigenvalue weighted by atomic mass is 35.5. The van der Waals surface area contributed by atoms with Crippen LogP contribution in [-0.4, -0.2) is 46.1 Å². The number of benzene rings is 3. The van der Waals surface area contributed by atoms with Crippen LogP contribution in [0.15, 0.2) is 48.5 Å². The minimum atomic E-state index is -0.463. The Bertz CT molecular complexity index is 1970. The molecular formula is C42H54Cl4F2N8. The topological polar surface area (TPSA) is 87.9 Å². The molecule has 56 heavy (non-hydrogen) atoms. The number of nitrogens with one attached hydrogen (secondary N) is 4. The van der Waals surface area contributed by atoms with Gasteiger partial charge in [-0.05, 0) is 130 Å². The van der Waals surface area contributed by atoms with Gasteiger partial charge in [-0.25, -0.2) is 18.7 Å². The van der Waals surface area contributed by atoms with Crippen molar-refractivity contribution in [3.8, 4) is 0 Å². The second-order valence-electron chi connectivity index (χ2n) is 16.4. The first kappa shape index (κ1) is 42.7. The Kier molecular flexibility index (Phi) is 13.4. The molecule has 3 aromatic carbocycles. The monoisotopic (exact) mass is 848 g/mol. The third-order valence-electron chi connectivity index (χ3n) is 13.3. The van der Waals surface area contributed by atoms with Crippen molar-refractivity contribution in [1.29, 1.82) is 0 Å². The van der Waals surface area contributed by atoms with Gasteiger partial charge in [-0.15, -0.1) is 49.6 Å². The molecule has 1 spiro atoms. The number of piperidine rings is 1. The van der Waals surface area contributed by atoms with E-state index < -0.39 is 11.6 Å². The summed E-state index contributed by atoms with van der Waals surface area (Å²) in [6.45, 7) is 3.46. The molecule has 4 saturated heterocycles. The van der Waals surface area contributed by atoms with Gasteiger partial charge in [0.15, 0.2) is 11.6 Å². The molecule has 0 amide bonds. The summed E-state index contributed by atoms with van der Waals surface area (Å²) in [5.41, 5.74) is 7.25. The second-order valence-corrected chi connectivity index (χ2v) is 16.4. The highest BCUT2D eigenvalue weighted by molar-refractivity contribution is 5.86. The average molecular weight is 851 g/mol. The van der Waals surface area contributed by atoms with Gasteiger partial charge in [0.2, 0.25) is 0 Å². The van der Waals surface area contributed by atoms with E-state index in [1.165, 1.54) is 32.1 Å². The molecule has 0 unspecified atom stereocenters. The second kappa shape index (κ2) is 17.6. The fraction of sp³-hybridized carbons (Fsp3) is 0.524. The number of fused-ring (bicyclic) bond motifs is 2. The number of rotatable bonds is 6. The Morgan fingerprint density at radius 2 is 1.09 bits per heavy atom. The van der Waals surface area contributed by atoms with Gasteiger partial charge in [0, 0.05) is 18.8 Å². The van der Waals surface area contributed by atoms with Gasteiger partial charge in [-0.3, -0.25) is 0 Å². The predicted octanol–water partition coefficient (Wildman–Crippen LogP) is 10.9. The largest absolute Gasteiger partial charge is 0.367 e. The van der Waals surface area contributed by atoms with E-state index in [0.29, 0.717) is 24.2 Å². The number of imidazole rings is 2. The van der Waals surface area contributed by atoms with Gasteiger partial charge in [-0.1, -0.05) is 31.4 Å². The van der Waals surface area contributed by atoms with Crippen molar-refractivity contribution in [3.05, 3.63) is 82.9 Å². The van der Waals surface area contributed by atoms with Crippen molar-refractivity contribution in [2.45, 2.75) is 108 Å². The van der Waals surface area contributed by atoms with Crippen molar-refractivity contribution < 1.29 is 8.78 Å². The lowest BCUT2D eigenvalue weighted by Gasteiger charge is -2.45. The van der Waals surface area contributed by atoms with Crippen LogP contribution in [0.1, 0.15) is 130 Å². The van der Waals surface area contributed by atoms with E-state index in [1.807, 2.05) is 4.90 Å². The number of hydrogen-bond donors (Lipinski definition) is 4. The Morgan fingerprint density at radius 1 is 0.589 bits per heavy atom. The Labute approximate surface area is 352 Å². The molecule has 304 valence electrons. The van der Waals surface area contributed by atoms with Crippen molar-refractivity contribution in [1.82, 2.24) is 30.6 Å². The van der Waals surface area contributed by atoms with E-state index >= 15 is 8.78 Å². The van der Waals surface area contributed by atoms with Crippen LogP contribution in [-0.2, 0) is 0 Å². The first-order chi connectivity index (χ1) is 25.5. The molecule has 2 aromatic heterocycles. The Balaban J connectivity index is 0.00000133. The van der Waals surface area contributed by atoms with Crippen LogP contribution in [0.4, 0.5) is 20.2 Å². The maximum absolute atomic E-state index is 16.4. The van der Waals surface area contributed by atoms with E-state index in [-0.39, 0.29) is 79.5 Å². The molecule has 0 radical (unpaired) electrons. The summed E-state index contributed by atoms with van der Waals surface area (Å²) >= 11 is 0. The molecule has 6 heterocycles. The van der Waals surface area contributed by atoms with Gasteiger partial charge in [0.25, 0.3) is 0 Å². The molecule has 10 rings (SSSR count). The molecule has 5 aromatic rings. The molecule has 1 saturated carbocycles. The molecule has 8 nitrogen and oxygen atoms in total. The van der Waals surface area contributed by atoms with Crippen molar-refractivity contribution in [3.63, 3.8) is 0 Å². The van der Waals surface area contributed by atoms with E-state index in [0.717, 1.165) is 109 Å². The van der Waals surface area contributed by atoms with Crippen LogP contribution in [0.2, 0.25) is 0 Å². The van der Waals surface area contributed by atoms with Crippen LogP contribution in [0, 0.1) is 17.0 Å². The summed E-state index contributed by atoms with van der Waals surface area (Å²) in [6, 6.07) is 16.5. The number of hydrogen-bond acceptors (Lipinski definition) is 6. The van der Waals surface area contributed by atoms with E-state index in [2.05, 4.69) is 61.9 Å². The van der Waals surface area contributed by atoms with Gasteiger partial charge in [0.05, 0.1) is 46.2 Å². The van der Waals surface area contributed by atoms with Crippen LogP contribution in [0.3, 0.4) is 0 Å². The lowest BCUT2D eigenvalue weighted by Crippen LogP contribution is -2.41. The number of aromatic nitrogens is 4. The van der Waals surface area contributed by atoms with E-state index in [1.54, 1.807) is 12.1 Å². The van der Waals surface area contributed by atoms with E-state index in [9.17, 15) is 0 Å². The van der Waals surface area contributed by atoms with E-state index in [4.69, 9.17) is 9.97 Å². The standard InChI is InChI=1S/C42H50F2N8.4ClH/c43-29-24-28(25-30(44)39(29)51-20-16-42(17-21-51)14-2-1-3-15-42)52-37(26-8-10-31-35(22-26)49-40(47-31)33-6-4-18-45-33)12-13-38(52)27-9-11-32-36(23-27)50-41(48-32)34-7-5-19-46-34;;;;/h8-11,22-25,33-34,37-38,45-46H,1-7,12-21H2,(H,47,49)(H,48,50);4*1H/t33-,34-,37+,38+;;;;/m0..../s1. The number of anilines is 2. The summed E-state index contributed by atoms with van der Waals surface area (Å²) in [4.78, 5) is 21.3. The maximum atomic E-state index is 16.4. The molecule has 4 atom stereocenters. The zero-order valence-corrected chi connectivity index (χ0v) is 34.9. The summed E-state index contributed by atoms with van der Waals surface area (Å²) < 4.78 is 32.8. The van der Waals surface area contributed by atoms with Crippen molar-refractivity contribution in [2.75, 3.05) is 36.0 Å². The van der Waals surface area contributed by atoms with Crippen molar-refractivity contribution in [2.24, 2.45) is 5.41 Å². The lowest BCUT2D eigenvalue weighted by atomic mass is 9.68. The fourth-order valence-corrected chi connectivity index (χ4v) is 10.5. The number of halogens is 6. The SMILES string of the molecule is Cl.Cl.Cl.Cl.Fc1cc(N2[C@@H](c3ccc4nc([C@@H]5CCCN5)[nH]c4c3)CC[C@@H]2c2ccc3nc([C@@H]4CCCN4)[nH]c3c2)cc(F)c1N1CCC2(CCCCC2)CC1. The fourth-order valence-electron chi connectivity index (χ4n) is 10.5. The molecule has 5 fully saturated rings. The third kappa shape index (κ3) is 7.83. The Morgan fingerprint density at radius 3 is 1.55 bits per heavy atom. The van der Waals surface area contributed by atoms with Crippen LogP contribution in [0.5, 0.6) is 0 Å². The number of nitrogens with zero attached hydrogens (tertiary/aromatic N) is 4. The van der Waals surface area contributed by atoms with Gasteiger partial charge in [-0.2, -0.15) is 0 Å². The normalized spacial score (nSPS) is 24.5. The minimum absolute atomic E-state index is 0. The Hall–Kier alpha value is -2.86. The lowest BCUT2D eigenvalue weighted by molar-refractivity contribution is 0.144. The molecule has 5 aliphatic rings. The summed E-state index contributed by atoms with van der Waals surface area (Å²) in [5.74, 6) is 1.04. The molecule has 14 heteroatoms. The van der Waals surface area contributed by atoms with Crippen molar-refractivity contribution >= 4 is 83.1 Å². The van der Waals surface area contributed by atoms with Gasteiger partial charge in [0.1, 0.15) is 17.3 Å². The van der Waals surface area contributed by atoms with Gasteiger partial charge < -0.3 is 30.4 Å². The summed E-state index contributed by atoms with van der Waals surface area (Å²) in [6.07, 6.45) is 14.6. The molecule has 0 bridgehead atoms. The summed E-state index contributed by atoms with van der Waals surface area (Å²) in [7, 11) is 0. The smallest absolute Gasteiger partial charge is 0.151 e. The average Bonchev–Trinajstić information content (AvgIpc) is 4.01. The predicted molar refractivity (Wildman–Crippen MR) is 232 cm³/mol. The molecule has 4 aliphatic heterocycles. The minimum Gasteiger partial charge on any atom is -0.367 e. The molecule has 4 N–H and O–H groups in total. The van der Waals surface area contributed by atoms with Crippen LogP contribution in [0.25, 0.3) is 22.1 Å².